The average Bonchev–Trinajstić information content (AvgIpc) is 2.10. The van der Waals surface area contributed by atoms with Crippen molar-refractivity contribution >= 4 is 29.0 Å². The van der Waals surface area contributed by atoms with Crippen molar-refractivity contribution in [3.8, 4) is 0 Å². The second kappa shape index (κ2) is 4.65. The van der Waals surface area contributed by atoms with Crippen molar-refractivity contribution in [2.75, 3.05) is 5.32 Å². The maximum atomic E-state index is 13.1. The van der Waals surface area contributed by atoms with E-state index in [1.807, 2.05) is 0 Å². The quantitative estimate of drug-likeness (QED) is 0.331. The summed E-state index contributed by atoms with van der Waals surface area (Å²) in [6.07, 6.45) is 0. The first-order valence-corrected chi connectivity index (χ1v) is 4.27. The summed E-state index contributed by atoms with van der Waals surface area (Å²) in [7, 11) is 0. The molecule has 5 N–H and O–H groups in total. The first kappa shape index (κ1) is 11.3. The highest BCUT2D eigenvalue weighted by molar-refractivity contribution is 7.80. The van der Waals surface area contributed by atoms with Crippen LogP contribution in [0.5, 0.6) is 0 Å². The number of hydrogen-bond donors (Lipinski definition) is 4. The topological polar surface area (TPSA) is 73.9 Å². The Hall–Kier alpha value is -1.76. The second-order valence-electron chi connectivity index (χ2n) is 2.59. The summed E-state index contributed by atoms with van der Waals surface area (Å²) in [6.45, 7) is 0. The van der Waals surface area contributed by atoms with Gasteiger partial charge < -0.3 is 16.4 Å². The number of nitrogens with two attached hydrogens (primary N) is 1. The second-order valence-corrected chi connectivity index (χ2v) is 3.00. The van der Waals surface area contributed by atoms with Crippen LogP contribution in [0, 0.1) is 17.0 Å². The van der Waals surface area contributed by atoms with Crippen molar-refractivity contribution in [3.63, 3.8) is 0 Å². The molecule has 0 amide bonds. The smallest absolute Gasteiger partial charge is 0.192 e. The lowest BCUT2D eigenvalue weighted by Gasteiger charge is -2.10. The molecule has 80 valence electrons. The molecule has 1 rings (SSSR count). The van der Waals surface area contributed by atoms with Crippen LogP contribution in [0.2, 0.25) is 0 Å². The van der Waals surface area contributed by atoms with Crippen molar-refractivity contribution in [3.05, 3.63) is 29.8 Å². The number of anilines is 1. The van der Waals surface area contributed by atoms with Gasteiger partial charge in [0.15, 0.2) is 11.1 Å². The van der Waals surface area contributed by atoms with Crippen LogP contribution in [-0.4, -0.2) is 11.1 Å². The molecule has 0 aromatic heterocycles. The van der Waals surface area contributed by atoms with Crippen LogP contribution in [-0.2, 0) is 0 Å². The first-order chi connectivity index (χ1) is 7.00. The number of para-hydroxylation sites is 1. The number of guanidine groups is 1. The van der Waals surface area contributed by atoms with E-state index in [1.54, 1.807) is 0 Å². The molecule has 0 aliphatic carbocycles. The number of halogens is 2. The van der Waals surface area contributed by atoms with E-state index in [0.717, 1.165) is 12.1 Å². The van der Waals surface area contributed by atoms with Crippen molar-refractivity contribution in [2.24, 2.45) is 5.73 Å². The van der Waals surface area contributed by atoms with E-state index in [9.17, 15) is 8.78 Å². The van der Waals surface area contributed by atoms with E-state index in [2.05, 4.69) is 22.9 Å². The van der Waals surface area contributed by atoms with Gasteiger partial charge in [0.25, 0.3) is 0 Å². The van der Waals surface area contributed by atoms with Gasteiger partial charge in [0.05, 0.1) is 0 Å². The molecule has 0 aliphatic rings. The molecule has 1 aromatic rings. The number of rotatable bonds is 1. The minimum absolute atomic E-state index is 0.147. The Labute approximate surface area is 90.0 Å². The van der Waals surface area contributed by atoms with E-state index < -0.39 is 17.6 Å². The summed E-state index contributed by atoms with van der Waals surface area (Å²) in [6, 6.07) is 3.40. The summed E-state index contributed by atoms with van der Waals surface area (Å²) in [5.41, 5.74) is 4.60. The largest absolute Gasteiger partial charge is 0.370 e. The van der Waals surface area contributed by atoms with E-state index in [0.29, 0.717) is 0 Å². The van der Waals surface area contributed by atoms with Crippen molar-refractivity contribution in [1.29, 1.82) is 5.41 Å². The minimum Gasteiger partial charge on any atom is -0.370 e. The third-order valence-electron chi connectivity index (χ3n) is 1.45. The Bertz CT molecular complexity index is 387. The van der Waals surface area contributed by atoms with Crippen molar-refractivity contribution in [2.45, 2.75) is 0 Å². The van der Waals surface area contributed by atoms with Gasteiger partial charge in [0.1, 0.15) is 17.3 Å². The predicted molar refractivity (Wildman–Crippen MR) is 57.6 cm³/mol. The van der Waals surface area contributed by atoms with Gasteiger partial charge in [-0.15, -0.1) is 0 Å². The Kier molecular flexibility index (Phi) is 3.51. The Morgan fingerprint density at radius 2 is 1.87 bits per heavy atom. The first-order valence-electron chi connectivity index (χ1n) is 3.86. The molecule has 0 radical (unpaired) electrons. The number of benzene rings is 1. The van der Waals surface area contributed by atoms with E-state index in [1.165, 1.54) is 6.07 Å². The molecule has 7 heteroatoms. The van der Waals surface area contributed by atoms with E-state index >= 15 is 0 Å². The molecule has 4 nitrogen and oxygen atoms in total. The number of nitrogens with one attached hydrogen (secondary N) is 3. The Morgan fingerprint density at radius 1 is 1.33 bits per heavy atom. The zero-order valence-electron chi connectivity index (χ0n) is 7.47. The van der Waals surface area contributed by atoms with Gasteiger partial charge in [-0.2, -0.15) is 0 Å². The maximum Gasteiger partial charge on any atom is 0.192 e. The summed E-state index contributed by atoms with van der Waals surface area (Å²) < 4.78 is 26.1. The predicted octanol–water partition coefficient (Wildman–Crippen LogP) is 1.14. The summed E-state index contributed by atoms with van der Waals surface area (Å²) in [5, 5.41) is 11.2. The summed E-state index contributed by atoms with van der Waals surface area (Å²) in [4.78, 5) is 0. The van der Waals surface area contributed by atoms with E-state index in [4.69, 9.17) is 11.1 Å². The normalized spacial score (nSPS) is 9.47. The average molecular weight is 230 g/mol. The van der Waals surface area contributed by atoms with E-state index in [-0.39, 0.29) is 10.8 Å². The standard InChI is InChI=1S/C8H8F2N4S/c9-4-2-1-3-5(10)6(4)13-8(15)14-7(11)12/h1-3H,(H5,11,12,13,14,15). The lowest BCUT2D eigenvalue weighted by atomic mass is 10.3. The van der Waals surface area contributed by atoms with Crippen LogP contribution in [0.15, 0.2) is 18.2 Å². The zero-order chi connectivity index (χ0) is 11.4. The van der Waals surface area contributed by atoms with Gasteiger partial charge in [-0.3, -0.25) is 5.41 Å². The van der Waals surface area contributed by atoms with Gasteiger partial charge in [-0.05, 0) is 24.4 Å². The molecule has 0 atom stereocenters. The maximum absolute atomic E-state index is 13.1. The van der Waals surface area contributed by atoms with Crippen molar-refractivity contribution < 1.29 is 8.78 Å². The fourth-order valence-corrected chi connectivity index (χ4v) is 1.10. The highest BCUT2D eigenvalue weighted by Crippen LogP contribution is 2.17. The molecule has 1 aromatic carbocycles. The number of thiocarbonyl (C=S) groups is 1. The molecule has 0 spiro atoms. The molecule has 0 unspecified atom stereocenters. The van der Waals surface area contributed by atoms with Crippen LogP contribution in [0.1, 0.15) is 0 Å². The fourth-order valence-electron chi connectivity index (χ4n) is 0.884. The third kappa shape index (κ3) is 3.13. The van der Waals surface area contributed by atoms with Gasteiger partial charge in [-0.25, -0.2) is 8.78 Å². The zero-order valence-corrected chi connectivity index (χ0v) is 8.29. The Morgan fingerprint density at radius 3 is 2.33 bits per heavy atom. The molecule has 0 fully saturated rings. The molecule has 0 saturated carbocycles. The van der Waals surface area contributed by atoms with Gasteiger partial charge in [-0.1, -0.05) is 6.07 Å². The van der Waals surface area contributed by atoms with Crippen molar-refractivity contribution in [1.82, 2.24) is 5.32 Å². The monoisotopic (exact) mass is 230 g/mol. The molecular formula is C8H8F2N4S. The molecular weight excluding hydrogens is 222 g/mol. The highest BCUT2D eigenvalue weighted by Gasteiger charge is 2.09. The van der Waals surface area contributed by atoms with Gasteiger partial charge in [0.2, 0.25) is 0 Å². The summed E-state index contributed by atoms with van der Waals surface area (Å²) in [5.74, 6) is -1.96. The van der Waals surface area contributed by atoms with Crippen LogP contribution in [0.4, 0.5) is 14.5 Å². The lowest BCUT2D eigenvalue weighted by molar-refractivity contribution is 0.591. The molecule has 15 heavy (non-hydrogen) atoms. The van der Waals surface area contributed by atoms with Crippen LogP contribution in [0.25, 0.3) is 0 Å². The SMILES string of the molecule is N=C(N)NC(=S)Nc1c(F)cccc1F. The molecule has 0 bridgehead atoms. The molecule has 0 saturated heterocycles. The number of hydrogen-bond acceptors (Lipinski definition) is 2. The molecule has 0 aliphatic heterocycles. The van der Waals surface area contributed by atoms with Crippen LogP contribution >= 0.6 is 12.2 Å². The minimum atomic E-state index is -0.775. The van der Waals surface area contributed by atoms with Crippen LogP contribution in [0.3, 0.4) is 0 Å². The summed E-state index contributed by atoms with van der Waals surface area (Å²) >= 11 is 4.66. The van der Waals surface area contributed by atoms with Crippen LogP contribution < -0.4 is 16.4 Å². The molecule has 0 heterocycles. The lowest BCUT2D eigenvalue weighted by Crippen LogP contribution is -2.38. The fraction of sp³-hybridized carbons (Fsp3) is 0. The van der Waals surface area contributed by atoms with Gasteiger partial charge >= 0.3 is 0 Å². The highest BCUT2D eigenvalue weighted by atomic mass is 32.1. The Balaban J connectivity index is 2.80. The van der Waals surface area contributed by atoms with Gasteiger partial charge in [0, 0.05) is 0 Å². The third-order valence-corrected chi connectivity index (χ3v) is 1.65.